The molecule has 0 aromatic heterocycles. The molecule has 0 heterocycles. The smallest absolute Gasteiger partial charge is 0.407 e. The standard InChI is InChI=1S/C26H32N2O5/c1-4-9-18(14-24(29)27-17(3)16(2)25(30)31)28-26(32)33-15-23-21-12-7-5-10-19(21)20-11-6-8-13-22(20)23/h5-8,10-13,16-18,23H,4,9,14-15H2,1-3H3,(H,27,29)(H,28,32)(H,30,31)/t16?,17?,18-/m0/s1. The molecule has 33 heavy (non-hydrogen) atoms. The number of fused-ring (bicyclic) bond motifs is 3. The van der Waals surface area contributed by atoms with Crippen molar-refractivity contribution in [1.82, 2.24) is 10.6 Å². The van der Waals surface area contributed by atoms with E-state index in [1.165, 1.54) is 0 Å². The maximum atomic E-state index is 12.6. The number of carboxylic acid groups (broad SMARTS) is 1. The number of benzene rings is 2. The van der Waals surface area contributed by atoms with E-state index < -0.39 is 30.1 Å². The first-order valence-electron chi connectivity index (χ1n) is 11.5. The van der Waals surface area contributed by atoms with Crippen LogP contribution in [0.2, 0.25) is 0 Å². The Kier molecular flexibility index (Phi) is 8.09. The summed E-state index contributed by atoms with van der Waals surface area (Å²) in [5, 5.41) is 14.6. The zero-order valence-electron chi connectivity index (χ0n) is 19.3. The van der Waals surface area contributed by atoms with Crippen LogP contribution in [-0.2, 0) is 14.3 Å². The summed E-state index contributed by atoms with van der Waals surface area (Å²) in [6.45, 7) is 5.38. The monoisotopic (exact) mass is 452 g/mol. The van der Waals surface area contributed by atoms with Gasteiger partial charge in [-0.25, -0.2) is 4.79 Å². The van der Waals surface area contributed by atoms with E-state index in [0.29, 0.717) is 6.42 Å². The molecule has 0 aliphatic heterocycles. The average Bonchev–Trinajstić information content (AvgIpc) is 3.11. The number of nitrogens with one attached hydrogen (secondary N) is 2. The molecule has 0 fully saturated rings. The maximum Gasteiger partial charge on any atom is 0.407 e. The van der Waals surface area contributed by atoms with Crippen LogP contribution in [-0.4, -0.2) is 41.8 Å². The SMILES string of the molecule is CCC[C@@H](CC(=O)NC(C)C(C)C(=O)O)NC(=O)OCC1c2ccccc2-c2ccccc21. The number of carboxylic acids is 1. The highest BCUT2D eigenvalue weighted by Gasteiger charge is 2.29. The molecular weight excluding hydrogens is 420 g/mol. The van der Waals surface area contributed by atoms with Gasteiger partial charge in [0, 0.05) is 24.4 Å². The van der Waals surface area contributed by atoms with Gasteiger partial charge >= 0.3 is 12.1 Å². The molecule has 2 aromatic rings. The van der Waals surface area contributed by atoms with Gasteiger partial charge in [-0.1, -0.05) is 61.9 Å². The van der Waals surface area contributed by atoms with Crippen molar-refractivity contribution in [2.45, 2.75) is 58.0 Å². The van der Waals surface area contributed by atoms with E-state index in [9.17, 15) is 14.4 Å². The van der Waals surface area contributed by atoms with Gasteiger partial charge in [-0.2, -0.15) is 0 Å². The van der Waals surface area contributed by atoms with Crippen LogP contribution in [0.25, 0.3) is 11.1 Å². The van der Waals surface area contributed by atoms with Crippen molar-refractivity contribution in [3.05, 3.63) is 59.7 Å². The normalized spacial score (nSPS) is 15.0. The highest BCUT2D eigenvalue weighted by atomic mass is 16.5. The van der Waals surface area contributed by atoms with Crippen molar-refractivity contribution in [3.63, 3.8) is 0 Å². The Balaban J connectivity index is 1.57. The van der Waals surface area contributed by atoms with E-state index in [1.54, 1.807) is 13.8 Å². The summed E-state index contributed by atoms with van der Waals surface area (Å²) in [6.07, 6.45) is 0.896. The molecule has 0 bridgehead atoms. The van der Waals surface area contributed by atoms with Gasteiger partial charge in [0.15, 0.2) is 0 Å². The van der Waals surface area contributed by atoms with Crippen molar-refractivity contribution in [1.29, 1.82) is 0 Å². The van der Waals surface area contributed by atoms with Gasteiger partial charge < -0.3 is 20.5 Å². The lowest BCUT2D eigenvalue weighted by atomic mass is 9.98. The molecule has 7 nitrogen and oxygen atoms in total. The lowest BCUT2D eigenvalue weighted by molar-refractivity contribution is -0.142. The fraction of sp³-hybridized carbons (Fsp3) is 0.423. The number of amides is 2. The third kappa shape index (κ3) is 5.92. The van der Waals surface area contributed by atoms with Crippen molar-refractivity contribution >= 4 is 18.0 Å². The van der Waals surface area contributed by atoms with Crippen LogP contribution in [0.5, 0.6) is 0 Å². The highest BCUT2D eigenvalue weighted by Crippen LogP contribution is 2.44. The molecule has 176 valence electrons. The van der Waals surface area contributed by atoms with Crippen molar-refractivity contribution in [2.75, 3.05) is 6.61 Å². The number of aliphatic carboxylic acids is 1. The second-order valence-electron chi connectivity index (χ2n) is 8.64. The fourth-order valence-corrected chi connectivity index (χ4v) is 4.26. The molecule has 3 N–H and O–H groups in total. The topological polar surface area (TPSA) is 105 Å². The number of carbonyl (C=O) groups excluding carboxylic acids is 2. The Hall–Kier alpha value is -3.35. The predicted molar refractivity (Wildman–Crippen MR) is 126 cm³/mol. The predicted octanol–water partition coefficient (Wildman–Crippen LogP) is 4.31. The van der Waals surface area contributed by atoms with Gasteiger partial charge in [-0.15, -0.1) is 0 Å². The van der Waals surface area contributed by atoms with Crippen molar-refractivity contribution < 1.29 is 24.2 Å². The summed E-state index contributed by atoms with van der Waals surface area (Å²) < 4.78 is 5.59. The molecule has 2 amide bonds. The second kappa shape index (κ2) is 11.0. The van der Waals surface area contributed by atoms with Gasteiger partial charge in [0.1, 0.15) is 6.61 Å². The first-order valence-corrected chi connectivity index (χ1v) is 11.5. The first-order chi connectivity index (χ1) is 15.8. The molecule has 2 aromatic carbocycles. The van der Waals surface area contributed by atoms with E-state index in [-0.39, 0.29) is 24.9 Å². The number of hydrogen-bond acceptors (Lipinski definition) is 4. The Morgan fingerprint density at radius 2 is 1.55 bits per heavy atom. The number of carbonyl (C=O) groups is 3. The first kappa shape index (κ1) is 24.3. The zero-order valence-corrected chi connectivity index (χ0v) is 19.3. The molecule has 7 heteroatoms. The Morgan fingerprint density at radius 1 is 0.970 bits per heavy atom. The maximum absolute atomic E-state index is 12.6. The molecule has 1 aliphatic carbocycles. The van der Waals surface area contributed by atoms with Crippen molar-refractivity contribution in [3.8, 4) is 11.1 Å². The molecule has 0 radical (unpaired) electrons. The summed E-state index contributed by atoms with van der Waals surface area (Å²) in [6, 6.07) is 15.4. The third-order valence-corrected chi connectivity index (χ3v) is 6.26. The molecule has 0 saturated carbocycles. The van der Waals surface area contributed by atoms with Crippen LogP contribution in [0, 0.1) is 5.92 Å². The van der Waals surface area contributed by atoms with Gasteiger partial charge in [0.2, 0.25) is 5.91 Å². The molecule has 3 rings (SSSR count). The van der Waals surface area contributed by atoms with Crippen LogP contribution in [0.3, 0.4) is 0 Å². The average molecular weight is 453 g/mol. The fourth-order valence-electron chi connectivity index (χ4n) is 4.26. The summed E-state index contributed by atoms with van der Waals surface area (Å²) in [5.74, 6) is -2.00. The minimum absolute atomic E-state index is 0.0329. The van der Waals surface area contributed by atoms with E-state index in [0.717, 1.165) is 28.7 Å². The third-order valence-electron chi connectivity index (χ3n) is 6.26. The van der Waals surface area contributed by atoms with Crippen LogP contribution in [0.15, 0.2) is 48.5 Å². The number of rotatable bonds is 10. The van der Waals surface area contributed by atoms with E-state index in [4.69, 9.17) is 9.84 Å². The molecule has 3 atom stereocenters. The summed E-state index contributed by atoms with van der Waals surface area (Å²) in [7, 11) is 0. The van der Waals surface area contributed by atoms with Crippen LogP contribution in [0.4, 0.5) is 4.79 Å². The quantitative estimate of drug-likeness (QED) is 0.498. The Morgan fingerprint density at radius 3 is 2.09 bits per heavy atom. The number of alkyl carbamates (subject to hydrolysis) is 1. The van der Waals surface area contributed by atoms with Crippen LogP contribution < -0.4 is 10.6 Å². The minimum atomic E-state index is -0.968. The number of ether oxygens (including phenoxy) is 1. The van der Waals surface area contributed by atoms with E-state index in [1.807, 2.05) is 31.2 Å². The molecule has 0 saturated heterocycles. The molecule has 2 unspecified atom stereocenters. The largest absolute Gasteiger partial charge is 0.481 e. The van der Waals surface area contributed by atoms with Crippen LogP contribution in [0.1, 0.15) is 57.1 Å². The summed E-state index contributed by atoms with van der Waals surface area (Å²) in [4.78, 5) is 36.1. The molecular formula is C26H32N2O5. The highest BCUT2D eigenvalue weighted by molar-refractivity contribution is 5.80. The minimum Gasteiger partial charge on any atom is -0.481 e. The lowest BCUT2D eigenvalue weighted by Crippen LogP contribution is -2.44. The van der Waals surface area contributed by atoms with Crippen molar-refractivity contribution in [2.24, 2.45) is 5.92 Å². The summed E-state index contributed by atoms with van der Waals surface area (Å²) >= 11 is 0. The molecule has 0 spiro atoms. The second-order valence-corrected chi connectivity index (χ2v) is 8.64. The van der Waals surface area contributed by atoms with Crippen LogP contribution >= 0.6 is 0 Å². The summed E-state index contributed by atoms with van der Waals surface area (Å²) in [5.41, 5.74) is 4.59. The Bertz CT molecular complexity index is 960. The van der Waals surface area contributed by atoms with Gasteiger partial charge in [-0.05, 0) is 42.5 Å². The van der Waals surface area contributed by atoms with Gasteiger partial charge in [0.25, 0.3) is 0 Å². The molecule has 1 aliphatic rings. The Labute approximate surface area is 194 Å². The van der Waals surface area contributed by atoms with Gasteiger partial charge in [-0.3, -0.25) is 9.59 Å². The zero-order chi connectivity index (χ0) is 24.0. The number of hydrogen-bond donors (Lipinski definition) is 3. The lowest BCUT2D eigenvalue weighted by Gasteiger charge is -2.22. The van der Waals surface area contributed by atoms with Gasteiger partial charge in [0.05, 0.1) is 5.92 Å². The van der Waals surface area contributed by atoms with E-state index >= 15 is 0 Å². The van der Waals surface area contributed by atoms with E-state index in [2.05, 4.69) is 34.9 Å².